The average molecular weight is 297 g/mol. The third kappa shape index (κ3) is 4.08. The minimum Gasteiger partial charge on any atom is -0.359 e. The normalized spacial score (nSPS) is 12.8. The number of fused-ring (bicyclic) bond motifs is 1. The number of nitrogens with zero attached hydrogens (tertiary/aromatic N) is 1. The van der Waals surface area contributed by atoms with Crippen LogP contribution in [0, 0.1) is 0 Å². The van der Waals surface area contributed by atoms with Crippen LogP contribution in [-0.2, 0) is 0 Å². The van der Waals surface area contributed by atoms with Crippen LogP contribution < -0.4 is 5.32 Å². The molecule has 2 aromatic rings. The lowest BCUT2D eigenvalue weighted by atomic mass is 10.1. The van der Waals surface area contributed by atoms with Gasteiger partial charge in [-0.05, 0) is 31.0 Å². The summed E-state index contributed by atoms with van der Waals surface area (Å²) >= 11 is 7.71. The topological polar surface area (TPSA) is 24.9 Å². The van der Waals surface area contributed by atoms with Gasteiger partial charge in [0.25, 0.3) is 0 Å². The Kier molecular flexibility index (Phi) is 5.46. The molecule has 1 unspecified atom stereocenters. The summed E-state index contributed by atoms with van der Waals surface area (Å²) in [5, 5.41) is 5.36. The van der Waals surface area contributed by atoms with E-state index < -0.39 is 0 Å². The number of nitrogens with one attached hydrogen (secondary N) is 1. The van der Waals surface area contributed by atoms with Gasteiger partial charge >= 0.3 is 0 Å². The van der Waals surface area contributed by atoms with Gasteiger partial charge in [-0.2, -0.15) is 0 Å². The van der Waals surface area contributed by atoms with E-state index in [0.29, 0.717) is 6.04 Å². The van der Waals surface area contributed by atoms with Gasteiger partial charge in [0, 0.05) is 11.1 Å². The van der Waals surface area contributed by atoms with Gasteiger partial charge in [-0.25, -0.2) is 4.98 Å². The molecule has 0 spiro atoms. The van der Waals surface area contributed by atoms with Gasteiger partial charge in [0.05, 0.1) is 10.2 Å². The van der Waals surface area contributed by atoms with Crippen LogP contribution in [0.3, 0.4) is 0 Å². The molecule has 1 heterocycles. The van der Waals surface area contributed by atoms with E-state index in [1.165, 1.54) is 36.8 Å². The average Bonchev–Trinajstić information content (AvgIpc) is 2.77. The van der Waals surface area contributed by atoms with Crippen LogP contribution >= 0.6 is 22.9 Å². The Morgan fingerprint density at radius 2 is 2.11 bits per heavy atom. The Balaban J connectivity index is 2.09. The number of benzene rings is 1. The number of aromatic nitrogens is 1. The van der Waals surface area contributed by atoms with Crippen molar-refractivity contribution in [2.45, 2.75) is 52.0 Å². The highest BCUT2D eigenvalue weighted by atomic mass is 35.5. The first kappa shape index (κ1) is 14.6. The molecule has 0 radical (unpaired) electrons. The second-order valence-electron chi connectivity index (χ2n) is 4.90. The predicted octanol–water partition coefficient (Wildman–Crippen LogP) is 5.72. The van der Waals surface area contributed by atoms with Gasteiger partial charge in [-0.3, -0.25) is 0 Å². The summed E-state index contributed by atoms with van der Waals surface area (Å²) in [5.74, 6) is 0. The van der Waals surface area contributed by atoms with Crippen molar-refractivity contribution in [3.63, 3.8) is 0 Å². The smallest absolute Gasteiger partial charge is 0.184 e. The van der Waals surface area contributed by atoms with E-state index >= 15 is 0 Å². The highest BCUT2D eigenvalue weighted by Gasteiger charge is 2.10. The highest BCUT2D eigenvalue weighted by molar-refractivity contribution is 7.22. The number of hydrogen-bond acceptors (Lipinski definition) is 3. The van der Waals surface area contributed by atoms with Crippen LogP contribution in [0.1, 0.15) is 46.0 Å². The molecular weight excluding hydrogens is 276 g/mol. The minimum atomic E-state index is 0.543. The molecule has 1 N–H and O–H groups in total. The van der Waals surface area contributed by atoms with Crippen LogP contribution in [-0.4, -0.2) is 11.0 Å². The fraction of sp³-hybridized carbons (Fsp3) is 0.533. The van der Waals surface area contributed by atoms with Crippen LogP contribution in [0.2, 0.25) is 5.02 Å². The standard InChI is InChI=1S/C15H21ClN2S/c1-3-5-7-12(6-4-2)17-15-18-13-10-11(16)8-9-14(13)19-15/h8-10,12H,3-7H2,1-2H3,(H,17,18). The largest absolute Gasteiger partial charge is 0.359 e. The SMILES string of the molecule is CCCCC(CCC)Nc1nc2cc(Cl)ccc2s1. The van der Waals surface area contributed by atoms with E-state index in [2.05, 4.69) is 24.1 Å². The molecule has 0 aliphatic rings. The fourth-order valence-corrected chi connectivity index (χ4v) is 3.31. The highest BCUT2D eigenvalue weighted by Crippen LogP contribution is 2.29. The second kappa shape index (κ2) is 7.11. The molecule has 104 valence electrons. The molecule has 1 aromatic heterocycles. The maximum Gasteiger partial charge on any atom is 0.184 e. The predicted molar refractivity (Wildman–Crippen MR) is 86.5 cm³/mol. The zero-order valence-electron chi connectivity index (χ0n) is 11.6. The molecule has 0 bridgehead atoms. The lowest BCUT2D eigenvalue weighted by molar-refractivity contribution is 0.564. The van der Waals surface area contributed by atoms with Gasteiger partial charge in [-0.1, -0.05) is 56.0 Å². The first-order valence-corrected chi connectivity index (χ1v) is 8.25. The molecule has 4 heteroatoms. The number of rotatable bonds is 7. The lowest BCUT2D eigenvalue weighted by Crippen LogP contribution is -2.18. The number of hydrogen-bond donors (Lipinski definition) is 1. The van der Waals surface area contributed by atoms with E-state index in [9.17, 15) is 0 Å². The third-order valence-corrected chi connectivity index (χ3v) is 4.42. The zero-order chi connectivity index (χ0) is 13.7. The monoisotopic (exact) mass is 296 g/mol. The molecule has 0 saturated heterocycles. The van der Waals surface area contributed by atoms with Crippen molar-refractivity contribution in [3.05, 3.63) is 23.2 Å². The first-order chi connectivity index (χ1) is 9.22. The Labute approximate surface area is 124 Å². The van der Waals surface area contributed by atoms with Crippen molar-refractivity contribution in [2.24, 2.45) is 0 Å². The Bertz CT molecular complexity index is 524. The molecule has 0 fully saturated rings. The molecule has 0 aliphatic heterocycles. The summed E-state index contributed by atoms with van der Waals surface area (Å²) in [6.07, 6.45) is 6.15. The number of halogens is 1. The van der Waals surface area contributed by atoms with E-state index in [4.69, 9.17) is 11.6 Å². The van der Waals surface area contributed by atoms with E-state index in [0.717, 1.165) is 15.7 Å². The molecule has 2 nitrogen and oxygen atoms in total. The van der Waals surface area contributed by atoms with Crippen molar-refractivity contribution >= 4 is 38.3 Å². The molecule has 2 rings (SSSR count). The first-order valence-electron chi connectivity index (χ1n) is 7.05. The molecule has 1 atom stereocenters. The second-order valence-corrected chi connectivity index (χ2v) is 6.37. The van der Waals surface area contributed by atoms with Crippen molar-refractivity contribution in [3.8, 4) is 0 Å². The summed E-state index contributed by atoms with van der Waals surface area (Å²) in [6.45, 7) is 4.47. The molecular formula is C15H21ClN2S. The quantitative estimate of drug-likeness (QED) is 0.706. The molecule has 0 aliphatic carbocycles. The molecule has 19 heavy (non-hydrogen) atoms. The number of unbranched alkanes of at least 4 members (excludes halogenated alkanes) is 1. The van der Waals surface area contributed by atoms with Crippen LogP contribution in [0.4, 0.5) is 5.13 Å². The molecule has 0 saturated carbocycles. The Hall–Kier alpha value is -0.800. The Morgan fingerprint density at radius 1 is 1.26 bits per heavy atom. The Morgan fingerprint density at radius 3 is 2.84 bits per heavy atom. The van der Waals surface area contributed by atoms with Gasteiger partial charge in [-0.15, -0.1) is 0 Å². The summed E-state index contributed by atoms with van der Waals surface area (Å²) in [7, 11) is 0. The maximum absolute atomic E-state index is 6.00. The summed E-state index contributed by atoms with van der Waals surface area (Å²) in [5.41, 5.74) is 0.991. The van der Waals surface area contributed by atoms with Crippen LogP contribution in [0.25, 0.3) is 10.2 Å². The minimum absolute atomic E-state index is 0.543. The van der Waals surface area contributed by atoms with E-state index in [1.54, 1.807) is 11.3 Å². The number of anilines is 1. The fourth-order valence-electron chi connectivity index (χ4n) is 2.22. The third-order valence-electron chi connectivity index (χ3n) is 3.22. The van der Waals surface area contributed by atoms with Crippen molar-refractivity contribution < 1.29 is 0 Å². The van der Waals surface area contributed by atoms with Crippen molar-refractivity contribution in [2.75, 3.05) is 5.32 Å². The van der Waals surface area contributed by atoms with Gasteiger partial charge < -0.3 is 5.32 Å². The summed E-state index contributed by atoms with van der Waals surface area (Å²) in [6, 6.07) is 6.44. The lowest BCUT2D eigenvalue weighted by Gasteiger charge is -2.16. The van der Waals surface area contributed by atoms with Gasteiger partial charge in [0.1, 0.15) is 0 Å². The van der Waals surface area contributed by atoms with Crippen molar-refractivity contribution in [1.29, 1.82) is 0 Å². The maximum atomic E-state index is 6.00. The molecule has 0 amide bonds. The van der Waals surface area contributed by atoms with Gasteiger partial charge in [0.15, 0.2) is 5.13 Å². The van der Waals surface area contributed by atoms with Crippen molar-refractivity contribution in [1.82, 2.24) is 4.98 Å². The zero-order valence-corrected chi connectivity index (χ0v) is 13.2. The molecule has 1 aromatic carbocycles. The van der Waals surface area contributed by atoms with Gasteiger partial charge in [0.2, 0.25) is 0 Å². The van der Waals surface area contributed by atoms with E-state index in [-0.39, 0.29) is 0 Å². The van der Waals surface area contributed by atoms with E-state index in [1.807, 2.05) is 18.2 Å². The van der Waals surface area contributed by atoms with Crippen LogP contribution in [0.15, 0.2) is 18.2 Å². The van der Waals surface area contributed by atoms with Crippen LogP contribution in [0.5, 0.6) is 0 Å². The number of thiazole rings is 1. The summed E-state index contributed by atoms with van der Waals surface area (Å²) in [4.78, 5) is 4.63. The summed E-state index contributed by atoms with van der Waals surface area (Å²) < 4.78 is 1.19.